The number of hydrogen-bond acceptors (Lipinski definition) is 3. The third kappa shape index (κ3) is 3.71. The Labute approximate surface area is 63.0 Å². The van der Waals surface area contributed by atoms with E-state index < -0.39 is 11.8 Å². The van der Waals surface area contributed by atoms with E-state index in [1.54, 1.807) is 5.80 Å². The molecule has 5 heteroatoms. The number of hydrogen-bond donors (Lipinski definition) is 0. The molecule has 0 bridgehead atoms. The van der Waals surface area contributed by atoms with E-state index in [0.717, 1.165) is 0 Å². The highest BCUT2D eigenvalue weighted by atomic mass is 32.0. The van der Waals surface area contributed by atoms with Gasteiger partial charge >= 0.3 is 5.97 Å². The molecule has 2 unspecified atom stereocenters. The van der Waals surface area contributed by atoms with Crippen LogP contribution in [0.2, 0.25) is 0 Å². The minimum atomic E-state index is -0.764. The van der Waals surface area contributed by atoms with Crippen molar-refractivity contribution in [1.82, 2.24) is 0 Å². The van der Waals surface area contributed by atoms with Crippen molar-refractivity contribution in [2.45, 2.75) is 6.42 Å². The van der Waals surface area contributed by atoms with Crippen molar-refractivity contribution >= 4 is 34.4 Å². The van der Waals surface area contributed by atoms with Crippen LogP contribution >= 0.6 is 16.8 Å². The van der Waals surface area contributed by atoms with Crippen LogP contribution in [0.15, 0.2) is 0 Å². The Bertz CT molecular complexity index is 164. The largest absolute Gasteiger partial charge is 0.463 e. The van der Waals surface area contributed by atoms with E-state index in [1.165, 1.54) is 7.11 Å². The van der Waals surface area contributed by atoms with Crippen molar-refractivity contribution in [3.05, 3.63) is 0 Å². The first-order valence-electron chi connectivity index (χ1n) is 2.61. The molecule has 0 saturated heterocycles. The van der Waals surface area contributed by atoms with Gasteiger partial charge in [0.2, 0.25) is 5.78 Å². The van der Waals surface area contributed by atoms with E-state index in [1.807, 2.05) is 0 Å². The maximum absolute atomic E-state index is 10.6. The zero-order valence-electron chi connectivity index (χ0n) is 5.59. The Morgan fingerprint density at radius 1 is 1.70 bits per heavy atom. The maximum Gasteiger partial charge on any atom is 0.374 e. The third-order valence-electron chi connectivity index (χ3n) is 0.818. The van der Waals surface area contributed by atoms with Gasteiger partial charge in [-0.05, 0) is 0 Å². The first-order valence-corrected chi connectivity index (χ1v) is 5.50. The van der Waals surface area contributed by atoms with E-state index >= 15 is 0 Å². The summed E-state index contributed by atoms with van der Waals surface area (Å²) < 4.78 is 4.20. The highest BCUT2D eigenvalue weighted by Gasteiger charge is 2.11. The molecule has 0 aromatic carbocycles. The van der Waals surface area contributed by atoms with Gasteiger partial charge in [0.25, 0.3) is 0 Å². The van der Waals surface area contributed by atoms with E-state index in [4.69, 9.17) is 0 Å². The normalized spacial score (nSPS) is 9.80. The van der Waals surface area contributed by atoms with Crippen molar-refractivity contribution in [2.75, 3.05) is 7.11 Å². The van der Waals surface area contributed by atoms with Gasteiger partial charge in [0, 0.05) is 0 Å². The molecule has 0 aliphatic carbocycles. The minimum Gasteiger partial charge on any atom is -0.463 e. The van der Waals surface area contributed by atoms with E-state index in [2.05, 4.69) is 13.7 Å². The molecule has 0 aliphatic rings. The third-order valence-corrected chi connectivity index (χ3v) is 1.97. The zero-order chi connectivity index (χ0) is 7.98. The molecule has 2 atom stereocenters. The number of ketones is 1. The molecule has 56 valence electrons. The molecular formula is C5H9O3P2+. The zero-order valence-corrected chi connectivity index (χ0v) is 7.74. The molecule has 0 saturated carbocycles. The van der Waals surface area contributed by atoms with Crippen LogP contribution < -0.4 is 0 Å². The van der Waals surface area contributed by atoms with Gasteiger partial charge in [-0.1, -0.05) is 0 Å². The van der Waals surface area contributed by atoms with Gasteiger partial charge in [-0.25, -0.2) is 4.79 Å². The highest BCUT2D eigenvalue weighted by Crippen LogP contribution is 2.05. The second kappa shape index (κ2) is 5.52. The summed E-state index contributed by atoms with van der Waals surface area (Å²) in [4.78, 5) is 21.0. The Balaban J connectivity index is 3.74. The van der Waals surface area contributed by atoms with E-state index in [-0.39, 0.29) is 6.42 Å². The van der Waals surface area contributed by atoms with Crippen molar-refractivity contribution in [2.24, 2.45) is 0 Å². The number of carbonyl (C=O) groups excluding carboxylic acids is 2. The molecule has 3 nitrogen and oxygen atoms in total. The van der Waals surface area contributed by atoms with Crippen LogP contribution in [0, 0.1) is 0 Å². The molecule has 0 aromatic heterocycles. The summed E-state index contributed by atoms with van der Waals surface area (Å²) in [6.07, 6.45) is 0.175. The first kappa shape index (κ1) is 9.74. The average molecular weight is 179 g/mol. The molecule has 0 N–H and O–H groups in total. The summed E-state index contributed by atoms with van der Waals surface area (Å²) in [5.74, 6) is 0.473. The van der Waals surface area contributed by atoms with Crippen LogP contribution in [-0.4, -0.2) is 24.7 Å². The SMILES string of the molecule is COC(=O)C(=O)CC=[PH+]P. The Morgan fingerprint density at radius 2 is 2.30 bits per heavy atom. The molecule has 0 aromatic rings. The summed E-state index contributed by atoms with van der Waals surface area (Å²) >= 11 is 0. The average Bonchev–Trinajstić information content (AvgIpc) is 1.98. The lowest BCUT2D eigenvalue weighted by Crippen LogP contribution is -2.14. The number of methoxy groups -OCH3 is 1. The molecule has 0 radical (unpaired) electrons. The molecule has 0 aliphatic heterocycles. The number of carbonyl (C=O) groups is 2. The van der Waals surface area contributed by atoms with Gasteiger partial charge < -0.3 is 4.74 Å². The lowest BCUT2D eigenvalue weighted by atomic mass is 10.3. The van der Waals surface area contributed by atoms with Crippen molar-refractivity contribution in [3.63, 3.8) is 0 Å². The Morgan fingerprint density at radius 3 is 2.70 bits per heavy atom. The van der Waals surface area contributed by atoms with Gasteiger partial charge in [-0.15, -0.1) is 0 Å². The summed E-state index contributed by atoms with van der Waals surface area (Å²) in [5, 5.41) is 0. The number of rotatable bonds is 3. The summed E-state index contributed by atoms with van der Waals surface area (Å²) in [6, 6.07) is 0. The first-order chi connectivity index (χ1) is 4.72. The number of ether oxygens (including phenoxy) is 1. The topological polar surface area (TPSA) is 43.4 Å². The fraction of sp³-hybridized carbons (Fsp3) is 0.400. The lowest BCUT2D eigenvalue weighted by molar-refractivity contribution is -0.151. The predicted molar refractivity (Wildman–Crippen MR) is 45.7 cm³/mol. The second-order valence-corrected chi connectivity index (χ2v) is 3.23. The smallest absolute Gasteiger partial charge is 0.374 e. The standard InChI is InChI=1S/C5H8O3P2/c1-8-5(7)4(6)2-3-10-9/h3H,2,9H2,1H3/p+1. The summed E-state index contributed by atoms with van der Waals surface area (Å²) in [7, 11) is 4.17. The molecule has 0 rings (SSSR count). The van der Waals surface area contributed by atoms with Crippen LogP contribution in [0.1, 0.15) is 6.42 Å². The molecule has 10 heavy (non-hydrogen) atoms. The second-order valence-electron chi connectivity index (χ2n) is 1.49. The minimum absolute atomic E-state index is 0.175. The van der Waals surface area contributed by atoms with Crippen LogP contribution in [-0.2, 0) is 14.3 Å². The molecule has 0 heterocycles. The lowest BCUT2D eigenvalue weighted by Gasteiger charge is -1.90. The van der Waals surface area contributed by atoms with E-state index in [9.17, 15) is 9.59 Å². The molecule has 0 spiro atoms. The van der Waals surface area contributed by atoms with E-state index in [0.29, 0.717) is 7.89 Å². The number of Topliss-reactive ketones (excluding diaryl/α,β-unsaturated/α-hetero) is 1. The van der Waals surface area contributed by atoms with Gasteiger partial charge in [0.15, 0.2) is 0 Å². The molecule has 0 amide bonds. The van der Waals surface area contributed by atoms with Crippen LogP contribution in [0.25, 0.3) is 0 Å². The fourth-order valence-electron chi connectivity index (χ4n) is 0.349. The van der Waals surface area contributed by atoms with Gasteiger partial charge in [0.1, 0.15) is 0 Å². The summed E-state index contributed by atoms with van der Waals surface area (Å²) in [5.41, 5.74) is 0. The monoisotopic (exact) mass is 179 g/mol. The van der Waals surface area contributed by atoms with Crippen molar-refractivity contribution in [1.29, 1.82) is 0 Å². The quantitative estimate of drug-likeness (QED) is 0.357. The van der Waals surface area contributed by atoms with Crippen LogP contribution in [0.3, 0.4) is 0 Å². The van der Waals surface area contributed by atoms with Gasteiger partial charge in [0.05, 0.1) is 36.1 Å². The molecule has 0 fully saturated rings. The van der Waals surface area contributed by atoms with Gasteiger partial charge in [-0.3, -0.25) is 4.79 Å². The molecular weight excluding hydrogens is 170 g/mol. The van der Waals surface area contributed by atoms with Crippen LogP contribution in [0.5, 0.6) is 0 Å². The van der Waals surface area contributed by atoms with Crippen molar-refractivity contribution in [3.8, 4) is 0 Å². The van der Waals surface area contributed by atoms with Crippen LogP contribution in [0.4, 0.5) is 0 Å². The van der Waals surface area contributed by atoms with Gasteiger partial charge in [-0.2, -0.15) is 0 Å². The summed E-state index contributed by atoms with van der Waals surface area (Å²) in [6.45, 7) is 0. The number of esters is 1. The Kier molecular flexibility index (Phi) is 5.38. The van der Waals surface area contributed by atoms with Crippen molar-refractivity contribution < 1.29 is 14.3 Å². The maximum atomic E-state index is 10.6. The highest BCUT2D eigenvalue weighted by molar-refractivity contribution is 8.01. The Hall–Kier alpha value is -0.260. The fourth-order valence-corrected chi connectivity index (χ4v) is 1.01. The predicted octanol–water partition coefficient (Wildman–Crippen LogP) is 0.389.